The molecule has 110 valence electrons. The van der Waals surface area contributed by atoms with Gasteiger partial charge in [-0.3, -0.25) is 4.79 Å². The van der Waals surface area contributed by atoms with E-state index in [0.29, 0.717) is 18.7 Å². The van der Waals surface area contributed by atoms with Crippen molar-refractivity contribution in [3.63, 3.8) is 0 Å². The van der Waals surface area contributed by atoms with Crippen molar-refractivity contribution in [2.75, 3.05) is 13.7 Å². The van der Waals surface area contributed by atoms with Gasteiger partial charge in [0.05, 0.1) is 12.2 Å². The van der Waals surface area contributed by atoms with E-state index in [9.17, 15) is 9.90 Å². The number of benzene rings is 1. The molecular weight excluding hydrogens is 254 g/mol. The van der Waals surface area contributed by atoms with Crippen LogP contribution in [0.5, 0.6) is 0 Å². The van der Waals surface area contributed by atoms with Crippen molar-refractivity contribution in [2.24, 2.45) is 0 Å². The molecule has 1 aromatic carbocycles. The van der Waals surface area contributed by atoms with Crippen LogP contribution in [0.3, 0.4) is 0 Å². The van der Waals surface area contributed by atoms with E-state index in [2.05, 4.69) is 5.32 Å². The second-order valence-corrected chi connectivity index (χ2v) is 5.60. The third-order valence-corrected chi connectivity index (χ3v) is 3.89. The maximum Gasteiger partial charge on any atom is 0.251 e. The van der Waals surface area contributed by atoms with Crippen molar-refractivity contribution in [1.29, 1.82) is 0 Å². The molecule has 0 radical (unpaired) electrons. The van der Waals surface area contributed by atoms with Crippen LogP contribution >= 0.6 is 0 Å². The summed E-state index contributed by atoms with van der Waals surface area (Å²) in [6.07, 6.45) is 4.81. The number of aliphatic hydroxyl groups is 1. The monoisotopic (exact) mass is 277 g/mol. The topological polar surface area (TPSA) is 58.6 Å². The first kappa shape index (κ1) is 15.0. The highest BCUT2D eigenvalue weighted by Gasteiger charge is 2.29. The van der Waals surface area contributed by atoms with E-state index in [1.807, 2.05) is 12.1 Å². The summed E-state index contributed by atoms with van der Waals surface area (Å²) in [5, 5.41) is 13.2. The van der Waals surface area contributed by atoms with Gasteiger partial charge in [-0.15, -0.1) is 0 Å². The molecule has 1 saturated carbocycles. The zero-order valence-corrected chi connectivity index (χ0v) is 12.0. The quantitative estimate of drug-likeness (QED) is 0.868. The highest BCUT2D eigenvalue weighted by Crippen LogP contribution is 2.27. The summed E-state index contributed by atoms with van der Waals surface area (Å²) in [7, 11) is 1.64. The molecule has 1 fully saturated rings. The Kier molecular flexibility index (Phi) is 5.15. The van der Waals surface area contributed by atoms with Crippen LogP contribution < -0.4 is 5.32 Å². The second-order valence-electron chi connectivity index (χ2n) is 5.60. The first-order valence-electron chi connectivity index (χ1n) is 7.21. The molecule has 0 atom stereocenters. The Balaban J connectivity index is 1.87. The SMILES string of the molecule is COCc1ccc(C(=O)NCC2(O)CCCCC2)cc1. The summed E-state index contributed by atoms with van der Waals surface area (Å²) in [5.74, 6) is -0.132. The molecule has 0 spiro atoms. The van der Waals surface area contributed by atoms with Gasteiger partial charge in [0.1, 0.15) is 0 Å². The molecule has 4 heteroatoms. The maximum atomic E-state index is 12.0. The van der Waals surface area contributed by atoms with Gasteiger partial charge in [-0.2, -0.15) is 0 Å². The van der Waals surface area contributed by atoms with E-state index in [-0.39, 0.29) is 5.91 Å². The number of carbonyl (C=O) groups excluding carboxylic acids is 1. The Hall–Kier alpha value is -1.39. The summed E-state index contributed by atoms with van der Waals surface area (Å²) in [6, 6.07) is 7.34. The zero-order valence-electron chi connectivity index (χ0n) is 12.0. The summed E-state index contributed by atoms with van der Waals surface area (Å²) < 4.78 is 5.03. The molecule has 0 aromatic heterocycles. The predicted molar refractivity (Wildman–Crippen MR) is 77.5 cm³/mol. The van der Waals surface area contributed by atoms with Gasteiger partial charge in [-0.05, 0) is 30.5 Å². The molecule has 0 saturated heterocycles. The highest BCUT2D eigenvalue weighted by molar-refractivity contribution is 5.94. The van der Waals surface area contributed by atoms with Crippen molar-refractivity contribution in [3.8, 4) is 0 Å². The minimum Gasteiger partial charge on any atom is -0.388 e. The number of amides is 1. The fourth-order valence-corrected chi connectivity index (χ4v) is 2.65. The van der Waals surface area contributed by atoms with Crippen LogP contribution in [0.25, 0.3) is 0 Å². The molecule has 0 unspecified atom stereocenters. The minimum absolute atomic E-state index is 0.132. The van der Waals surface area contributed by atoms with E-state index in [0.717, 1.165) is 31.2 Å². The van der Waals surface area contributed by atoms with Crippen molar-refractivity contribution in [2.45, 2.75) is 44.3 Å². The van der Waals surface area contributed by atoms with E-state index in [1.165, 1.54) is 6.42 Å². The Morgan fingerprint density at radius 3 is 2.50 bits per heavy atom. The molecule has 2 N–H and O–H groups in total. The lowest BCUT2D eigenvalue weighted by Crippen LogP contribution is -2.44. The maximum absolute atomic E-state index is 12.0. The lowest BCUT2D eigenvalue weighted by molar-refractivity contribution is 0.00525. The van der Waals surface area contributed by atoms with Gasteiger partial charge >= 0.3 is 0 Å². The van der Waals surface area contributed by atoms with Crippen molar-refractivity contribution in [3.05, 3.63) is 35.4 Å². The smallest absolute Gasteiger partial charge is 0.251 e. The van der Waals surface area contributed by atoms with Crippen LogP contribution in [0, 0.1) is 0 Å². The highest BCUT2D eigenvalue weighted by atomic mass is 16.5. The van der Waals surface area contributed by atoms with Gasteiger partial charge in [-0.1, -0.05) is 31.4 Å². The first-order valence-corrected chi connectivity index (χ1v) is 7.21. The molecule has 0 heterocycles. The molecule has 1 aromatic rings. The molecular formula is C16H23NO3. The molecule has 20 heavy (non-hydrogen) atoms. The third-order valence-electron chi connectivity index (χ3n) is 3.89. The minimum atomic E-state index is -0.718. The van der Waals surface area contributed by atoms with E-state index in [4.69, 9.17) is 4.74 Å². The molecule has 2 rings (SSSR count). The molecule has 1 amide bonds. The average Bonchev–Trinajstić information content (AvgIpc) is 2.47. The number of carbonyl (C=O) groups is 1. The van der Waals surface area contributed by atoms with Gasteiger partial charge in [-0.25, -0.2) is 0 Å². The molecule has 0 aliphatic heterocycles. The lowest BCUT2D eigenvalue weighted by atomic mass is 9.85. The predicted octanol–water partition coefficient (Wildman–Crippen LogP) is 2.26. The van der Waals surface area contributed by atoms with Crippen LogP contribution in [0.4, 0.5) is 0 Å². The van der Waals surface area contributed by atoms with Crippen LogP contribution in [0.1, 0.15) is 48.0 Å². The summed E-state index contributed by atoms with van der Waals surface area (Å²) in [4.78, 5) is 12.0. The normalized spacial score (nSPS) is 17.7. The van der Waals surface area contributed by atoms with E-state index in [1.54, 1.807) is 19.2 Å². The van der Waals surface area contributed by atoms with Gasteiger partial charge < -0.3 is 15.2 Å². The third kappa shape index (κ3) is 4.05. The number of methoxy groups -OCH3 is 1. The summed E-state index contributed by atoms with van der Waals surface area (Å²) in [6.45, 7) is 0.882. The van der Waals surface area contributed by atoms with Crippen molar-refractivity contribution < 1.29 is 14.6 Å². The lowest BCUT2D eigenvalue weighted by Gasteiger charge is -2.32. The van der Waals surface area contributed by atoms with Gasteiger partial charge in [0.25, 0.3) is 5.91 Å². The number of ether oxygens (including phenoxy) is 1. The average molecular weight is 277 g/mol. The Morgan fingerprint density at radius 1 is 1.25 bits per heavy atom. The summed E-state index contributed by atoms with van der Waals surface area (Å²) >= 11 is 0. The van der Waals surface area contributed by atoms with Crippen LogP contribution in [0.15, 0.2) is 24.3 Å². The largest absolute Gasteiger partial charge is 0.388 e. The molecule has 0 bridgehead atoms. The fraction of sp³-hybridized carbons (Fsp3) is 0.562. The number of rotatable bonds is 5. The van der Waals surface area contributed by atoms with E-state index < -0.39 is 5.60 Å². The zero-order chi connectivity index (χ0) is 14.4. The Morgan fingerprint density at radius 2 is 1.90 bits per heavy atom. The molecule has 1 aliphatic carbocycles. The number of hydrogen-bond acceptors (Lipinski definition) is 3. The van der Waals surface area contributed by atoms with Crippen molar-refractivity contribution in [1.82, 2.24) is 5.32 Å². The van der Waals surface area contributed by atoms with Crippen LogP contribution in [0.2, 0.25) is 0 Å². The number of hydrogen-bond donors (Lipinski definition) is 2. The summed E-state index contributed by atoms with van der Waals surface area (Å²) in [5.41, 5.74) is 0.934. The first-order chi connectivity index (χ1) is 9.63. The number of nitrogens with one attached hydrogen (secondary N) is 1. The Bertz CT molecular complexity index is 436. The molecule has 1 aliphatic rings. The second kappa shape index (κ2) is 6.86. The van der Waals surface area contributed by atoms with E-state index >= 15 is 0 Å². The van der Waals surface area contributed by atoms with Gasteiger partial charge in [0, 0.05) is 19.2 Å². The van der Waals surface area contributed by atoms with Crippen LogP contribution in [-0.4, -0.2) is 30.3 Å². The van der Waals surface area contributed by atoms with Gasteiger partial charge in [0.15, 0.2) is 0 Å². The van der Waals surface area contributed by atoms with Gasteiger partial charge in [0.2, 0.25) is 0 Å². The van der Waals surface area contributed by atoms with Crippen LogP contribution in [-0.2, 0) is 11.3 Å². The Labute approximate surface area is 120 Å². The molecule has 4 nitrogen and oxygen atoms in total. The fourth-order valence-electron chi connectivity index (χ4n) is 2.65. The van der Waals surface area contributed by atoms with Crippen molar-refractivity contribution >= 4 is 5.91 Å². The standard InChI is InChI=1S/C16H23NO3/c1-20-11-13-5-7-14(8-6-13)15(18)17-12-16(19)9-3-2-4-10-16/h5-8,19H,2-4,9-12H2,1H3,(H,17,18).